The number of hydrogen-bond acceptors (Lipinski definition) is 2. The molecule has 0 amide bonds. The zero-order valence-corrected chi connectivity index (χ0v) is 21.5. The second-order valence-corrected chi connectivity index (χ2v) is 11.9. The van der Waals surface area contributed by atoms with Gasteiger partial charge in [-0.2, -0.15) is 0 Å². The fraction of sp³-hybridized carbons (Fsp3) is 0.118. The van der Waals surface area contributed by atoms with E-state index in [2.05, 4.69) is 97.1 Å². The third kappa shape index (κ3) is 5.03. The molecule has 4 aliphatic carbocycles. The second-order valence-electron chi connectivity index (χ2n) is 9.70. The molecule has 0 spiro atoms. The molecule has 5 aromatic rings. The van der Waals surface area contributed by atoms with Crippen molar-refractivity contribution < 1.29 is 10.2 Å². The number of phenols is 2. The standard InChI is InChI=1S/C34H29O2P/c35-29-21-28(22-30(36)23-29)33-19-24-11-15-26(33)16-12-25-14-18-27(17-13-24)34(20-25)37(31-7-3-1-4-8-31)32-9-5-2-6-10-32/h1-11,14-15,18-23,35-36H,12-13,16-17H2. The van der Waals surface area contributed by atoms with Crippen LogP contribution in [0.4, 0.5) is 0 Å². The van der Waals surface area contributed by atoms with Gasteiger partial charge in [-0.3, -0.25) is 0 Å². The topological polar surface area (TPSA) is 40.5 Å². The van der Waals surface area contributed by atoms with Gasteiger partial charge in [0.05, 0.1) is 0 Å². The highest BCUT2D eigenvalue weighted by atomic mass is 31.1. The van der Waals surface area contributed by atoms with Crippen molar-refractivity contribution >= 4 is 23.8 Å². The maximum atomic E-state index is 10.1. The predicted molar refractivity (Wildman–Crippen MR) is 155 cm³/mol. The maximum absolute atomic E-state index is 10.1. The van der Waals surface area contributed by atoms with Crippen molar-refractivity contribution in [2.45, 2.75) is 25.7 Å². The van der Waals surface area contributed by atoms with Gasteiger partial charge in [-0.15, -0.1) is 0 Å². The molecule has 0 saturated carbocycles. The normalized spacial score (nSPS) is 12.9. The lowest BCUT2D eigenvalue weighted by molar-refractivity contribution is 0.451. The van der Waals surface area contributed by atoms with E-state index in [1.54, 1.807) is 12.1 Å². The Kier molecular flexibility index (Phi) is 6.51. The van der Waals surface area contributed by atoms with E-state index in [4.69, 9.17) is 0 Å². The van der Waals surface area contributed by atoms with Crippen molar-refractivity contribution in [3.63, 3.8) is 0 Å². The van der Waals surface area contributed by atoms with Crippen LogP contribution in [0.1, 0.15) is 22.3 Å². The molecule has 2 N–H and O–H groups in total. The molecular weight excluding hydrogens is 471 g/mol. The molecule has 0 saturated heterocycles. The summed E-state index contributed by atoms with van der Waals surface area (Å²) in [6, 6.07) is 40.6. The van der Waals surface area contributed by atoms with Crippen molar-refractivity contribution in [1.29, 1.82) is 0 Å². The molecule has 3 heteroatoms. The molecule has 0 unspecified atom stereocenters. The summed E-state index contributed by atoms with van der Waals surface area (Å²) in [6.07, 6.45) is 3.70. The van der Waals surface area contributed by atoms with Gasteiger partial charge in [-0.05, 0) is 95.0 Å². The molecule has 0 radical (unpaired) electrons. The molecule has 0 heterocycles. The highest BCUT2D eigenvalue weighted by molar-refractivity contribution is 7.79. The molecule has 37 heavy (non-hydrogen) atoms. The van der Waals surface area contributed by atoms with E-state index in [9.17, 15) is 10.2 Å². The van der Waals surface area contributed by atoms with Crippen LogP contribution in [0.5, 0.6) is 11.5 Å². The zero-order valence-electron chi connectivity index (χ0n) is 20.6. The van der Waals surface area contributed by atoms with E-state index in [-0.39, 0.29) is 11.5 Å². The largest absolute Gasteiger partial charge is 0.508 e. The molecular formula is C34H29O2P. The Bertz CT molecular complexity index is 1480. The lowest BCUT2D eigenvalue weighted by atomic mass is 9.90. The maximum Gasteiger partial charge on any atom is 0.119 e. The minimum atomic E-state index is -0.661. The van der Waals surface area contributed by atoms with Gasteiger partial charge in [0.25, 0.3) is 0 Å². The summed E-state index contributed by atoms with van der Waals surface area (Å²) < 4.78 is 0. The monoisotopic (exact) mass is 500 g/mol. The van der Waals surface area contributed by atoms with Gasteiger partial charge >= 0.3 is 0 Å². The quantitative estimate of drug-likeness (QED) is 0.280. The van der Waals surface area contributed by atoms with E-state index < -0.39 is 7.92 Å². The molecule has 4 bridgehead atoms. The second kappa shape index (κ2) is 10.2. The Morgan fingerprint density at radius 2 is 1.03 bits per heavy atom. The number of hydrogen-bond donors (Lipinski definition) is 2. The molecule has 4 aliphatic rings. The van der Waals surface area contributed by atoms with Crippen LogP contribution in [0.25, 0.3) is 11.1 Å². The average molecular weight is 501 g/mol. The van der Waals surface area contributed by atoms with Gasteiger partial charge in [0, 0.05) is 6.07 Å². The Morgan fingerprint density at radius 3 is 1.65 bits per heavy atom. The Morgan fingerprint density at radius 1 is 0.486 bits per heavy atom. The fourth-order valence-electron chi connectivity index (χ4n) is 5.34. The van der Waals surface area contributed by atoms with E-state index in [1.165, 1.54) is 44.2 Å². The number of benzene rings is 5. The molecule has 2 nitrogen and oxygen atoms in total. The summed E-state index contributed by atoms with van der Waals surface area (Å²) in [5.41, 5.74) is 7.19. The average Bonchev–Trinajstić information content (AvgIpc) is 2.91. The van der Waals surface area contributed by atoms with E-state index >= 15 is 0 Å². The minimum Gasteiger partial charge on any atom is -0.508 e. The molecule has 0 aromatic heterocycles. The zero-order chi connectivity index (χ0) is 25.2. The van der Waals surface area contributed by atoms with Crippen LogP contribution >= 0.6 is 7.92 Å². The Hall–Kier alpha value is -3.87. The first-order chi connectivity index (χ1) is 18.1. The summed E-state index contributed by atoms with van der Waals surface area (Å²) in [5, 5.41) is 24.4. The van der Waals surface area contributed by atoms with Gasteiger partial charge in [0.2, 0.25) is 0 Å². The molecule has 0 atom stereocenters. The summed E-state index contributed by atoms with van der Waals surface area (Å²) >= 11 is 0. The first kappa shape index (κ1) is 23.5. The molecule has 182 valence electrons. The number of rotatable bonds is 4. The number of phenolic OH excluding ortho intramolecular Hbond substituents is 2. The van der Waals surface area contributed by atoms with Crippen LogP contribution in [-0.4, -0.2) is 10.2 Å². The minimum absolute atomic E-state index is 0.0853. The van der Waals surface area contributed by atoms with Crippen LogP contribution < -0.4 is 15.9 Å². The van der Waals surface area contributed by atoms with Crippen molar-refractivity contribution in [1.82, 2.24) is 0 Å². The lowest BCUT2D eigenvalue weighted by Crippen LogP contribution is -2.24. The summed E-state index contributed by atoms with van der Waals surface area (Å²) in [7, 11) is -0.661. The fourth-order valence-corrected chi connectivity index (χ4v) is 7.90. The first-order valence-electron chi connectivity index (χ1n) is 12.8. The Labute approximate surface area is 219 Å². The molecule has 0 fully saturated rings. The first-order valence-corrected chi connectivity index (χ1v) is 14.2. The molecule has 9 rings (SSSR count). The summed E-state index contributed by atoms with van der Waals surface area (Å²) in [5.74, 6) is 0.171. The number of aromatic hydroxyl groups is 2. The SMILES string of the molecule is Oc1cc(O)cc(-c2cc3ccc2CCc2ccc(c(P(c4ccccc4)c4ccccc4)c2)CC3)c1. The van der Waals surface area contributed by atoms with Crippen molar-refractivity contribution in [2.75, 3.05) is 0 Å². The third-order valence-corrected chi connectivity index (χ3v) is 9.70. The predicted octanol–water partition coefficient (Wildman–Crippen LogP) is 6.41. The van der Waals surface area contributed by atoms with E-state index in [1.807, 2.05) is 0 Å². The van der Waals surface area contributed by atoms with Crippen LogP contribution in [0.2, 0.25) is 0 Å². The lowest BCUT2D eigenvalue weighted by Gasteiger charge is -2.24. The smallest absolute Gasteiger partial charge is 0.119 e. The van der Waals surface area contributed by atoms with Crippen molar-refractivity contribution in [3.05, 3.63) is 138 Å². The van der Waals surface area contributed by atoms with Gasteiger partial charge in [0.15, 0.2) is 0 Å². The third-order valence-electron chi connectivity index (χ3n) is 7.17. The van der Waals surface area contributed by atoms with Gasteiger partial charge in [-0.25, -0.2) is 0 Å². The van der Waals surface area contributed by atoms with Crippen LogP contribution in [0.3, 0.4) is 0 Å². The summed E-state index contributed by atoms with van der Waals surface area (Å²) in [4.78, 5) is 0. The van der Waals surface area contributed by atoms with Crippen LogP contribution in [0.15, 0.2) is 115 Å². The van der Waals surface area contributed by atoms with E-state index in [0.29, 0.717) is 0 Å². The molecule has 5 aromatic carbocycles. The van der Waals surface area contributed by atoms with Crippen LogP contribution in [-0.2, 0) is 25.7 Å². The summed E-state index contributed by atoms with van der Waals surface area (Å²) in [6.45, 7) is 0. The highest BCUT2D eigenvalue weighted by Crippen LogP contribution is 2.36. The van der Waals surface area contributed by atoms with E-state index in [0.717, 1.165) is 36.8 Å². The van der Waals surface area contributed by atoms with Crippen LogP contribution in [0, 0.1) is 0 Å². The number of aryl methyl sites for hydroxylation is 4. The highest BCUT2D eigenvalue weighted by Gasteiger charge is 2.21. The van der Waals surface area contributed by atoms with Gasteiger partial charge in [0.1, 0.15) is 11.5 Å². The Balaban J connectivity index is 1.44. The van der Waals surface area contributed by atoms with Gasteiger partial charge in [-0.1, -0.05) is 97.1 Å². The van der Waals surface area contributed by atoms with Crippen molar-refractivity contribution in [2.24, 2.45) is 0 Å². The van der Waals surface area contributed by atoms with Crippen molar-refractivity contribution in [3.8, 4) is 22.6 Å². The molecule has 0 aliphatic heterocycles. The van der Waals surface area contributed by atoms with Gasteiger partial charge < -0.3 is 10.2 Å².